The van der Waals surface area contributed by atoms with Crippen LogP contribution in [0.1, 0.15) is 258 Å². The second-order valence-corrected chi connectivity index (χ2v) is 21.5. The Kier molecular flexibility index (Phi) is 40.1. The van der Waals surface area contributed by atoms with Crippen molar-refractivity contribution in [3.63, 3.8) is 0 Å². The number of hydrogen-bond acceptors (Lipinski definition) is 12. The van der Waals surface area contributed by atoms with Gasteiger partial charge in [-0.3, -0.25) is 13.8 Å². The highest BCUT2D eigenvalue weighted by molar-refractivity contribution is 7.47. The Labute approximate surface area is 407 Å². The van der Waals surface area contributed by atoms with Crippen LogP contribution in [0, 0.1) is 0 Å². The van der Waals surface area contributed by atoms with Crippen LogP contribution in [0.25, 0.3) is 0 Å². The van der Waals surface area contributed by atoms with Gasteiger partial charge in [0.1, 0.15) is 48.8 Å². The molecule has 15 heteroatoms. The minimum atomic E-state index is -5.23. The first-order valence-corrected chi connectivity index (χ1v) is 29.2. The molecule has 400 valence electrons. The molecule has 14 nitrogen and oxygen atoms in total. The second-order valence-electron chi connectivity index (χ2n) is 20.1. The quantitative estimate of drug-likeness (QED) is 0.0202. The summed E-state index contributed by atoms with van der Waals surface area (Å²) in [7, 11) is -5.23. The van der Waals surface area contributed by atoms with Gasteiger partial charge in [0, 0.05) is 0 Å². The number of carbonyl (C=O) groups is 1. The Morgan fingerprint density at radius 3 is 1.07 bits per heavy atom. The van der Waals surface area contributed by atoms with Crippen molar-refractivity contribution in [1.29, 1.82) is 0 Å². The number of aliphatic hydroxyl groups is 8. The number of aliphatic hydroxyl groups excluding tert-OH is 8. The first-order valence-electron chi connectivity index (χ1n) is 27.7. The maximum absolute atomic E-state index is 13.1. The number of amides is 1. The molecule has 1 aliphatic rings. The van der Waals surface area contributed by atoms with Gasteiger partial charge in [-0.2, -0.15) is 0 Å². The molecule has 0 aromatic heterocycles. The molecule has 0 spiro atoms. The molecule has 0 aromatic carbocycles. The van der Waals surface area contributed by atoms with Crippen molar-refractivity contribution >= 4 is 13.7 Å². The Morgan fingerprint density at radius 2 is 0.746 bits per heavy atom. The number of nitrogens with one attached hydrogen (secondary N) is 1. The van der Waals surface area contributed by atoms with E-state index in [-0.39, 0.29) is 12.8 Å². The van der Waals surface area contributed by atoms with Gasteiger partial charge in [-0.05, 0) is 12.8 Å². The molecule has 10 N–H and O–H groups in total. The second kappa shape index (κ2) is 41.8. The number of rotatable bonds is 47. The van der Waals surface area contributed by atoms with Gasteiger partial charge in [-0.15, -0.1) is 0 Å². The standard InChI is InChI=1S/C52H104NO13P/c1-3-5-7-9-11-13-15-17-19-20-21-22-23-24-25-26-28-30-32-34-36-38-40-44(55)52(62)53-42(41-65-67(63,64)66-51-49(60)47(58)46(57)48(59)50(51)61)45(56)43(54)39-37-35-33-31-29-27-18-16-14-12-10-8-6-4-2/h42-51,54-61H,3-41H2,1-2H3,(H,53,62)(H,63,64)/t42-,43?,44?,45-,46?,47-,48+,49+,50+,51?/m0/s1. The van der Waals surface area contributed by atoms with Crippen molar-refractivity contribution in [2.75, 3.05) is 6.61 Å². The normalized spacial score (nSPS) is 22.6. The lowest BCUT2D eigenvalue weighted by Crippen LogP contribution is -2.64. The zero-order valence-electron chi connectivity index (χ0n) is 42.5. The summed E-state index contributed by atoms with van der Waals surface area (Å²) in [6.45, 7) is 3.62. The van der Waals surface area contributed by atoms with Crippen LogP contribution in [0.3, 0.4) is 0 Å². The van der Waals surface area contributed by atoms with Crippen LogP contribution in [-0.2, 0) is 18.4 Å². The Balaban J connectivity index is 2.44. The first kappa shape index (κ1) is 64.3. The third-order valence-corrected chi connectivity index (χ3v) is 14.9. The zero-order chi connectivity index (χ0) is 49.5. The van der Waals surface area contributed by atoms with Crippen molar-refractivity contribution in [2.45, 2.75) is 319 Å². The lowest BCUT2D eigenvalue weighted by atomic mass is 9.85. The smallest absolute Gasteiger partial charge is 0.390 e. The molecule has 11 atom stereocenters. The molecule has 1 saturated carbocycles. The average molecular weight is 982 g/mol. The molecule has 0 aromatic rings. The summed E-state index contributed by atoms with van der Waals surface area (Å²) in [6.07, 6.45) is 27.5. The topological polar surface area (TPSA) is 247 Å². The number of phosphoric ester groups is 1. The summed E-state index contributed by atoms with van der Waals surface area (Å²) in [4.78, 5) is 23.6. The molecule has 0 heterocycles. The largest absolute Gasteiger partial charge is 0.472 e. The Morgan fingerprint density at radius 1 is 0.463 bits per heavy atom. The Bertz CT molecular complexity index is 1170. The number of unbranched alkanes of at least 4 members (excludes halogenated alkanes) is 34. The van der Waals surface area contributed by atoms with E-state index < -0.39 is 81.3 Å². The fourth-order valence-electron chi connectivity index (χ4n) is 9.25. The van der Waals surface area contributed by atoms with Crippen molar-refractivity contribution in [3.8, 4) is 0 Å². The highest BCUT2D eigenvalue weighted by atomic mass is 31.2. The minimum Gasteiger partial charge on any atom is -0.390 e. The third-order valence-electron chi connectivity index (χ3n) is 13.9. The van der Waals surface area contributed by atoms with Crippen molar-refractivity contribution in [2.24, 2.45) is 0 Å². The monoisotopic (exact) mass is 982 g/mol. The highest BCUT2D eigenvalue weighted by Crippen LogP contribution is 2.47. The van der Waals surface area contributed by atoms with E-state index in [0.29, 0.717) is 12.8 Å². The van der Waals surface area contributed by atoms with E-state index in [1.165, 1.54) is 167 Å². The van der Waals surface area contributed by atoms with Gasteiger partial charge in [-0.25, -0.2) is 4.57 Å². The van der Waals surface area contributed by atoms with Gasteiger partial charge in [-0.1, -0.05) is 245 Å². The van der Waals surface area contributed by atoms with E-state index in [4.69, 9.17) is 9.05 Å². The predicted octanol–water partition coefficient (Wildman–Crippen LogP) is 9.74. The fourth-order valence-corrected chi connectivity index (χ4v) is 10.2. The average Bonchev–Trinajstić information content (AvgIpc) is 3.31. The summed E-state index contributed by atoms with van der Waals surface area (Å²) in [5, 5.41) is 85.7. The molecule has 0 aliphatic heterocycles. The predicted molar refractivity (Wildman–Crippen MR) is 267 cm³/mol. The lowest BCUT2D eigenvalue weighted by Gasteiger charge is -2.41. The first-order chi connectivity index (χ1) is 32.3. The lowest BCUT2D eigenvalue weighted by molar-refractivity contribution is -0.220. The van der Waals surface area contributed by atoms with Crippen LogP contribution in [0.5, 0.6) is 0 Å². The van der Waals surface area contributed by atoms with Crippen molar-refractivity contribution < 1.29 is 64.2 Å². The maximum Gasteiger partial charge on any atom is 0.472 e. The van der Waals surface area contributed by atoms with Gasteiger partial charge in [0.2, 0.25) is 5.91 Å². The van der Waals surface area contributed by atoms with Crippen LogP contribution in [-0.4, -0.2) is 119 Å². The van der Waals surface area contributed by atoms with Crippen LogP contribution in [0.15, 0.2) is 0 Å². The van der Waals surface area contributed by atoms with E-state index >= 15 is 0 Å². The molecule has 0 saturated heterocycles. The summed E-state index contributed by atoms with van der Waals surface area (Å²) in [5.74, 6) is -0.855. The van der Waals surface area contributed by atoms with Crippen molar-refractivity contribution in [1.82, 2.24) is 5.32 Å². The molecule has 1 fully saturated rings. The van der Waals surface area contributed by atoms with Gasteiger partial charge in [0.05, 0.1) is 18.8 Å². The molecule has 1 amide bonds. The SMILES string of the molecule is CCCCCCCCCCCCCCCCCCCCCCCCC(O)C(=O)N[C@@H](COP(=O)(O)OC1[C@H](O)[C@H](O)C(O)[C@H](O)[C@H]1O)[C@H](O)C(O)CCCCCCCCCCCCCCCC. The number of phosphoric acid groups is 1. The van der Waals surface area contributed by atoms with Gasteiger partial charge in [0.15, 0.2) is 0 Å². The number of hydrogen-bond donors (Lipinski definition) is 10. The highest BCUT2D eigenvalue weighted by Gasteiger charge is 2.51. The molecule has 67 heavy (non-hydrogen) atoms. The van der Waals surface area contributed by atoms with E-state index in [9.17, 15) is 55.1 Å². The molecule has 0 radical (unpaired) electrons. The van der Waals surface area contributed by atoms with Crippen molar-refractivity contribution in [3.05, 3.63) is 0 Å². The van der Waals surface area contributed by atoms with Crippen LogP contribution in [0.2, 0.25) is 0 Å². The summed E-state index contributed by atoms with van der Waals surface area (Å²) in [5.41, 5.74) is 0. The van der Waals surface area contributed by atoms with Crippen LogP contribution >= 0.6 is 7.82 Å². The van der Waals surface area contributed by atoms with Crippen LogP contribution in [0.4, 0.5) is 0 Å². The van der Waals surface area contributed by atoms with Gasteiger partial charge in [0.25, 0.3) is 0 Å². The third kappa shape index (κ3) is 32.1. The Hall–Kier alpha value is -0.740. The van der Waals surface area contributed by atoms with E-state index in [2.05, 4.69) is 19.2 Å². The summed E-state index contributed by atoms with van der Waals surface area (Å²) < 4.78 is 22.9. The number of carbonyl (C=O) groups excluding carboxylic acids is 1. The van der Waals surface area contributed by atoms with Gasteiger partial charge >= 0.3 is 7.82 Å². The maximum atomic E-state index is 13.1. The fraction of sp³-hybridized carbons (Fsp3) is 0.981. The molecular weight excluding hydrogens is 878 g/mol. The van der Waals surface area contributed by atoms with E-state index in [1.54, 1.807) is 0 Å². The summed E-state index contributed by atoms with van der Waals surface area (Å²) in [6, 6.07) is -1.48. The zero-order valence-corrected chi connectivity index (χ0v) is 43.4. The van der Waals surface area contributed by atoms with Crippen LogP contribution < -0.4 is 5.32 Å². The summed E-state index contributed by atoms with van der Waals surface area (Å²) >= 11 is 0. The molecule has 1 rings (SSSR count). The van der Waals surface area contributed by atoms with Gasteiger partial charge < -0.3 is 51.1 Å². The molecular formula is C52H104NO13P. The minimum absolute atomic E-state index is 0.159. The molecule has 5 unspecified atom stereocenters. The molecule has 0 bridgehead atoms. The van der Waals surface area contributed by atoms with E-state index in [1.807, 2.05) is 0 Å². The molecule has 1 aliphatic carbocycles. The van der Waals surface area contributed by atoms with E-state index in [0.717, 1.165) is 51.4 Å².